The molecular formula is C15H16FNO3. The summed E-state index contributed by atoms with van der Waals surface area (Å²) in [5.41, 5.74) is 1.19. The molecule has 20 heavy (non-hydrogen) atoms. The molecule has 1 saturated heterocycles. The summed E-state index contributed by atoms with van der Waals surface area (Å²) in [5, 5.41) is 9.35. The van der Waals surface area contributed by atoms with Gasteiger partial charge in [-0.1, -0.05) is 12.1 Å². The molecule has 5 heteroatoms. The monoisotopic (exact) mass is 277 g/mol. The van der Waals surface area contributed by atoms with Gasteiger partial charge in [-0.05, 0) is 37.0 Å². The van der Waals surface area contributed by atoms with Crippen LogP contribution in [0.15, 0.2) is 18.2 Å². The number of halogens is 1. The van der Waals surface area contributed by atoms with Crippen molar-refractivity contribution in [3.05, 3.63) is 35.1 Å². The third-order valence-electron chi connectivity index (χ3n) is 4.14. The molecule has 0 aromatic heterocycles. The molecule has 1 N–H and O–H groups in total. The van der Waals surface area contributed by atoms with Gasteiger partial charge in [-0.15, -0.1) is 0 Å². The van der Waals surface area contributed by atoms with Crippen LogP contribution in [0, 0.1) is 18.7 Å². The number of carboxylic acids is 1. The third-order valence-corrected chi connectivity index (χ3v) is 4.14. The minimum Gasteiger partial charge on any atom is -0.481 e. The van der Waals surface area contributed by atoms with Crippen LogP contribution >= 0.6 is 0 Å². The second kappa shape index (κ2) is 4.58. The first-order valence-corrected chi connectivity index (χ1v) is 6.79. The highest BCUT2D eigenvalue weighted by atomic mass is 19.1. The zero-order valence-corrected chi connectivity index (χ0v) is 11.2. The number of rotatable bonds is 3. The van der Waals surface area contributed by atoms with Gasteiger partial charge in [0.1, 0.15) is 5.82 Å². The van der Waals surface area contributed by atoms with Gasteiger partial charge in [0.2, 0.25) is 5.91 Å². The summed E-state index contributed by atoms with van der Waals surface area (Å²) in [6.07, 6.45) is 1.89. The number of carbonyl (C=O) groups is 2. The first kappa shape index (κ1) is 13.1. The van der Waals surface area contributed by atoms with Gasteiger partial charge in [0.15, 0.2) is 0 Å². The lowest BCUT2D eigenvalue weighted by Crippen LogP contribution is -2.32. The molecule has 2 fully saturated rings. The molecule has 0 spiro atoms. The quantitative estimate of drug-likeness (QED) is 0.922. The van der Waals surface area contributed by atoms with Crippen molar-refractivity contribution in [2.45, 2.75) is 38.3 Å². The molecule has 2 atom stereocenters. The molecule has 106 valence electrons. The molecule has 2 unspecified atom stereocenters. The number of likely N-dealkylation sites (tertiary alicyclic amines) is 1. The van der Waals surface area contributed by atoms with Crippen LogP contribution in [0.4, 0.5) is 4.39 Å². The van der Waals surface area contributed by atoms with Crippen molar-refractivity contribution in [3.8, 4) is 0 Å². The third kappa shape index (κ3) is 2.07. The first-order chi connectivity index (χ1) is 9.49. The summed E-state index contributed by atoms with van der Waals surface area (Å²) in [4.78, 5) is 25.2. The van der Waals surface area contributed by atoms with Crippen LogP contribution < -0.4 is 0 Å². The Morgan fingerprint density at radius 1 is 1.40 bits per heavy atom. The Bertz CT molecular complexity index is 582. The van der Waals surface area contributed by atoms with Gasteiger partial charge in [-0.3, -0.25) is 9.59 Å². The largest absolute Gasteiger partial charge is 0.481 e. The van der Waals surface area contributed by atoms with E-state index in [-0.39, 0.29) is 24.2 Å². The fourth-order valence-corrected chi connectivity index (χ4v) is 3.00. The van der Waals surface area contributed by atoms with Crippen LogP contribution in [-0.2, 0) is 9.59 Å². The minimum atomic E-state index is -0.964. The number of carbonyl (C=O) groups excluding carboxylic acids is 1. The second-order valence-corrected chi connectivity index (χ2v) is 5.63. The van der Waals surface area contributed by atoms with Crippen LogP contribution in [0.1, 0.15) is 36.4 Å². The van der Waals surface area contributed by atoms with E-state index >= 15 is 0 Å². The molecule has 1 aliphatic carbocycles. The van der Waals surface area contributed by atoms with E-state index < -0.39 is 17.9 Å². The molecule has 1 aromatic rings. The SMILES string of the molecule is Cc1cc(C2C(C(=O)O)CC(=O)N2C2CC2)ccc1F. The van der Waals surface area contributed by atoms with Gasteiger partial charge < -0.3 is 10.0 Å². The summed E-state index contributed by atoms with van der Waals surface area (Å²) in [5.74, 6) is -2.13. The number of carboxylic acid groups (broad SMARTS) is 1. The van der Waals surface area contributed by atoms with Gasteiger partial charge >= 0.3 is 5.97 Å². The highest BCUT2D eigenvalue weighted by Gasteiger charge is 2.49. The van der Waals surface area contributed by atoms with Crippen LogP contribution in [0.25, 0.3) is 0 Å². The van der Waals surface area contributed by atoms with E-state index in [2.05, 4.69) is 0 Å². The second-order valence-electron chi connectivity index (χ2n) is 5.63. The molecule has 1 amide bonds. The zero-order chi connectivity index (χ0) is 14.4. The predicted octanol–water partition coefficient (Wildman–Crippen LogP) is 2.27. The average Bonchev–Trinajstić information content (AvgIpc) is 3.16. The van der Waals surface area contributed by atoms with E-state index in [0.717, 1.165) is 12.8 Å². The van der Waals surface area contributed by atoms with Gasteiger partial charge in [-0.2, -0.15) is 0 Å². The zero-order valence-electron chi connectivity index (χ0n) is 11.2. The smallest absolute Gasteiger partial charge is 0.309 e. The van der Waals surface area contributed by atoms with Crippen molar-refractivity contribution in [3.63, 3.8) is 0 Å². The van der Waals surface area contributed by atoms with Gasteiger partial charge in [0, 0.05) is 12.5 Å². The summed E-state index contributed by atoms with van der Waals surface area (Å²) < 4.78 is 13.4. The highest BCUT2D eigenvalue weighted by Crippen LogP contribution is 2.45. The van der Waals surface area contributed by atoms with Gasteiger partial charge in [0.05, 0.1) is 12.0 Å². The number of nitrogens with zero attached hydrogens (tertiary/aromatic N) is 1. The molecular weight excluding hydrogens is 261 g/mol. The number of aryl methyl sites for hydroxylation is 1. The van der Waals surface area contributed by atoms with Crippen LogP contribution in [0.5, 0.6) is 0 Å². The number of amides is 1. The van der Waals surface area contributed by atoms with Crippen molar-refractivity contribution in [1.29, 1.82) is 0 Å². The van der Waals surface area contributed by atoms with Crippen molar-refractivity contribution in [1.82, 2.24) is 4.90 Å². The molecule has 1 aliphatic heterocycles. The summed E-state index contributed by atoms with van der Waals surface area (Å²) >= 11 is 0. The molecule has 2 aliphatic rings. The van der Waals surface area contributed by atoms with Crippen molar-refractivity contribution in [2.24, 2.45) is 5.92 Å². The Labute approximate surface area is 116 Å². The molecule has 1 saturated carbocycles. The Hall–Kier alpha value is -1.91. The van der Waals surface area contributed by atoms with Gasteiger partial charge in [-0.25, -0.2) is 4.39 Å². The Balaban J connectivity index is 2.02. The molecule has 1 heterocycles. The van der Waals surface area contributed by atoms with E-state index in [1.54, 1.807) is 24.0 Å². The van der Waals surface area contributed by atoms with Crippen molar-refractivity contribution >= 4 is 11.9 Å². The predicted molar refractivity (Wildman–Crippen MR) is 69.5 cm³/mol. The van der Waals surface area contributed by atoms with E-state index in [0.29, 0.717) is 11.1 Å². The fourth-order valence-electron chi connectivity index (χ4n) is 3.00. The van der Waals surface area contributed by atoms with E-state index in [4.69, 9.17) is 0 Å². The average molecular weight is 277 g/mol. The lowest BCUT2D eigenvalue weighted by atomic mass is 9.92. The number of hydrogen-bond acceptors (Lipinski definition) is 2. The number of benzene rings is 1. The highest BCUT2D eigenvalue weighted by molar-refractivity contribution is 5.87. The van der Waals surface area contributed by atoms with E-state index in [1.807, 2.05) is 0 Å². The standard InChI is InChI=1S/C15H16FNO3/c1-8-6-9(2-5-12(8)16)14-11(15(19)20)7-13(18)17(14)10-3-4-10/h2,5-6,10-11,14H,3-4,7H2,1H3,(H,19,20). The molecule has 0 radical (unpaired) electrons. The molecule has 0 bridgehead atoms. The van der Waals surface area contributed by atoms with Crippen LogP contribution in [-0.4, -0.2) is 27.9 Å². The lowest BCUT2D eigenvalue weighted by molar-refractivity contribution is -0.142. The molecule has 4 nitrogen and oxygen atoms in total. The fraction of sp³-hybridized carbons (Fsp3) is 0.467. The Morgan fingerprint density at radius 2 is 2.10 bits per heavy atom. The summed E-state index contributed by atoms with van der Waals surface area (Å²) in [6, 6.07) is 4.28. The number of aliphatic carboxylic acids is 1. The maximum absolute atomic E-state index is 13.4. The van der Waals surface area contributed by atoms with Crippen molar-refractivity contribution in [2.75, 3.05) is 0 Å². The van der Waals surface area contributed by atoms with Crippen LogP contribution in [0.3, 0.4) is 0 Å². The van der Waals surface area contributed by atoms with E-state index in [1.165, 1.54) is 6.07 Å². The van der Waals surface area contributed by atoms with Gasteiger partial charge in [0.25, 0.3) is 0 Å². The Morgan fingerprint density at radius 3 is 2.65 bits per heavy atom. The van der Waals surface area contributed by atoms with Crippen molar-refractivity contribution < 1.29 is 19.1 Å². The maximum atomic E-state index is 13.4. The maximum Gasteiger partial charge on any atom is 0.309 e. The normalized spacial score (nSPS) is 26.1. The Kier molecular flexibility index (Phi) is 3.00. The topological polar surface area (TPSA) is 57.6 Å². The first-order valence-electron chi connectivity index (χ1n) is 6.79. The molecule has 3 rings (SSSR count). The summed E-state index contributed by atoms with van der Waals surface area (Å²) in [7, 11) is 0. The molecule has 1 aromatic carbocycles. The van der Waals surface area contributed by atoms with E-state index in [9.17, 15) is 19.1 Å². The number of hydrogen-bond donors (Lipinski definition) is 1. The minimum absolute atomic E-state index is 0.0346. The summed E-state index contributed by atoms with van der Waals surface area (Å²) in [6.45, 7) is 1.65. The lowest BCUT2D eigenvalue weighted by Gasteiger charge is -2.27. The van der Waals surface area contributed by atoms with Crippen LogP contribution in [0.2, 0.25) is 0 Å².